The second kappa shape index (κ2) is 6.81. The molecular weight excluding hydrogens is 288 g/mol. The molecule has 1 aliphatic heterocycles. The molecule has 23 heavy (non-hydrogen) atoms. The summed E-state index contributed by atoms with van der Waals surface area (Å²) in [5.41, 5.74) is 0.564. The highest BCUT2D eigenvalue weighted by molar-refractivity contribution is 5.69. The summed E-state index contributed by atoms with van der Waals surface area (Å²) in [5, 5.41) is 3.45. The summed E-state index contributed by atoms with van der Waals surface area (Å²) in [5.74, 6) is 0.508. The van der Waals surface area contributed by atoms with E-state index in [2.05, 4.69) is 31.3 Å². The average molecular weight is 318 g/mol. The summed E-state index contributed by atoms with van der Waals surface area (Å²) in [6, 6.07) is 10.2. The quantitative estimate of drug-likeness (QED) is 0.887. The summed E-state index contributed by atoms with van der Waals surface area (Å²) in [6.07, 6.45) is 1.88. The van der Waals surface area contributed by atoms with Crippen LogP contribution >= 0.6 is 0 Å². The maximum absolute atomic E-state index is 12.4. The lowest BCUT2D eigenvalue weighted by Crippen LogP contribution is -2.45. The van der Waals surface area contributed by atoms with Crippen LogP contribution in [-0.2, 0) is 4.74 Å². The van der Waals surface area contributed by atoms with Crippen LogP contribution in [0.2, 0.25) is 0 Å². The number of anilines is 1. The van der Waals surface area contributed by atoms with Gasteiger partial charge in [-0.2, -0.15) is 0 Å². The number of nitrogens with zero attached hydrogens (tertiary/aromatic N) is 1. The van der Waals surface area contributed by atoms with Crippen LogP contribution in [-0.4, -0.2) is 35.2 Å². The highest BCUT2D eigenvalue weighted by atomic mass is 16.6. The Labute approximate surface area is 140 Å². The third-order valence-electron chi connectivity index (χ3n) is 4.23. The van der Waals surface area contributed by atoms with Gasteiger partial charge < -0.3 is 15.0 Å². The molecule has 1 saturated heterocycles. The van der Waals surface area contributed by atoms with E-state index in [9.17, 15) is 4.79 Å². The summed E-state index contributed by atoms with van der Waals surface area (Å²) >= 11 is 0. The lowest BCUT2D eigenvalue weighted by molar-refractivity contribution is 0.0131. The molecule has 1 fully saturated rings. The van der Waals surface area contributed by atoms with Gasteiger partial charge in [0.25, 0.3) is 0 Å². The fourth-order valence-electron chi connectivity index (χ4n) is 3.20. The minimum atomic E-state index is -0.444. The third-order valence-corrected chi connectivity index (χ3v) is 4.23. The van der Waals surface area contributed by atoms with E-state index in [1.54, 1.807) is 0 Å². The fourth-order valence-corrected chi connectivity index (χ4v) is 3.20. The minimum Gasteiger partial charge on any atom is -0.444 e. The molecule has 1 amide bonds. The molecule has 0 aliphatic carbocycles. The van der Waals surface area contributed by atoms with Crippen LogP contribution in [0.5, 0.6) is 0 Å². The standard InChI is InChI=1S/C19H30N2O2/c1-18(2,3)23-17(22)21-14-15(13-19(21,4)5)11-12-20-16-9-7-6-8-10-16/h6-10,15,20H,11-14H2,1-5H3. The second-order valence-electron chi connectivity index (χ2n) is 8.06. The van der Waals surface area contributed by atoms with Crippen LogP contribution in [0, 0.1) is 5.92 Å². The van der Waals surface area contributed by atoms with Crippen molar-refractivity contribution in [1.82, 2.24) is 4.90 Å². The van der Waals surface area contributed by atoms with Crippen molar-refractivity contribution in [3.63, 3.8) is 0 Å². The Balaban J connectivity index is 1.85. The molecule has 1 N–H and O–H groups in total. The number of rotatable bonds is 4. The van der Waals surface area contributed by atoms with Crippen molar-refractivity contribution in [3.8, 4) is 0 Å². The molecule has 0 bridgehead atoms. The molecule has 1 heterocycles. The number of para-hydroxylation sites is 1. The minimum absolute atomic E-state index is 0.139. The van der Waals surface area contributed by atoms with E-state index in [0.29, 0.717) is 5.92 Å². The van der Waals surface area contributed by atoms with E-state index >= 15 is 0 Å². The molecule has 4 heteroatoms. The molecule has 1 unspecified atom stereocenters. The Morgan fingerprint density at radius 3 is 2.57 bits per heavy atom. The molecule has 0 spiro atoms. The number of amides is 1. The maximum atomic E-state index is 12.4. The Kier molecular flexibility index (Phi) is 5.23. The number of hydrogen-bond donors (Lipinski definition) is 1. The van der Waals surface area contributed by atoms with Crippen molar-refractivity contribution in [2.45, 2.75) is 58.6 Å². The normalized spacial score (nSPS) is 20.4. The van der Waals surface area contributed by atoms with E-state index in [-0.39, 0.29) is 11.6 Å². The summed E-state index contributed by atoms with van der Waals surface area (Å²) in [7, 11) is 0. The van der Waals surface area contributed by atoms with Crippen molar-refractivity contribution in [3.05, 3.63) is 30.3 Å². The Morgan fingerprint density at radius 2 is 1.96 bits per heavy atom. The zero-order valence-corrected chi connectivity index (χ0v) is 15.1. The summed E-state index contributed by atoms with van der Waals surface area (Å²) < 4.78 is 5.55. The highest BCUT2D eigenvalue weighted by Crippen LogP contribution is 2.35. The molecule has 1 aliphatic rings. The number of benzene rings is 1. The number of ether oxygens (including phenoxy) is 1. The number of carbonyl (C=O) groups is 1. The van der Waals surface area contributed by atoms with Crippen molar-refractivity contribution >= 4 is 11.8 Å². The Hall–Kier alpha value is -1.71. The fraction of sp³-hybridized carbons (Fsp3) is 0.632. The van der Waals surface area contributed by atoms with Gasteiger partial charge in [0.1, 0.15) is 5.60 Å². The van der Waals surface area contributed by atoms with Gasteiger partial charge in [-0.3, -0.25) is 0 Å². The second-order valence-corrected chi connectivity index (χ2v) is 8.06. The van der Waals surface area contributed by atoms with Crippen molar-refractivity contribution in [2.24, 2.45) is 5.92 Å². The van der Waals surface area contributed by atoms with E-state index in [0.717, 1.165) is 31.6 Å². The Bertz CT molecular complexity index is 520. The van der Waals surface area contributed by atoms with Gasteiger partial charge in [0.2, 0.25) is 0 Å². The first kappa shape index (κ1) is 17.6. The molecule has 1 aromatic rings. The van der Waals surface area contributed by atoms with Gasteiger partial charge in [-0.1, -0.05) is 18.2 Å². The first-order valence-electron chi connectivity index (χ1n) is 8.47. The van der Waals surface area contributed by atoms with Crippen molar-refractivity contribution in [1.29, 1.82) is 0 Å². The molecule has 2 rings (SSSR count). The molecule has 0 radical (unpaired) electrons. The third kappa shape index (κ3) is 5.15. The average Bonchev–Trinajstić information content (AvgIpc) is 2.73. The van der Waals surface area contributed by atoms with Gasteiger partial charge in [0, 0.05) is 24.3 Å². The van der Waals surface area contributed by atoms with Crippen LogP contribution in [0.15, 0.2) is 30.3 Å². The highest BCUT2D eigenvalue weighted by Gasteiger charge is 2.42. The molecule has 4 nitrogen and oxygen atoms in total. The zero-order chi connectivity index (χ0) is 17.1. The summed E-state index contributed by atoms with van der Waals surface area (Å²) in [6.45, 7) is 11.7. The lowest BCUT2D eigenvalue weighted by Gasteiger charge is -2.33. The van der Waals surface area contributed by atoms with E-state index < -0.39 is 5.60 Å². The van der Waals surface area contributed by atoms with Crippen molar-refractivity contribution < 1.29 is 9.53 Å². The van der Waals surface area contributed by atoms with Crippen LogP contribution < -0.4 is 5.32 Å². The first-order chi connectivity index (χ1) is 10.7. The van der Waals surface area contributed by atoms with Crippen LogP contribution in [0.3, 0.4) is 0 Å². The first-order valence-corrected chi connectivity index (χ1v) is 8.47. The van der Waals surface area contributed by atoms with Crippen LogP contribution in [0.4, 0.5) is 10.5 Å². The van der Waals surface area contributed by atoms with E-state index in [1.807, 2.05) is 43.9 Å². The topological polar surface area (TPSA) is 41.6 Å². The predicted molar refractivity (Wildman–Crippen MR) is 94.7 cm³/mol. The largest absolute Gasteiger partial charge is 0.444 e. The number of nitrogens with one attached hydrogen (secondary N) is 1. The molecule has 1 atom stereocenters. The predicted octanol–water partition coefficient (Wildman–Crippen LogP) is 4.52. The SMILES string of the molecule is CC(C)(C)OC(=O)N1CC(CCNc2ccccc2)CC1(C)C. The van der Waals surface area contributed by atoms with Crippen LogP contribution in [0.25, 0.3) is 0 Å². The monoisotopic (exact) mass is 318 g/mol. The van der Waals surface area contributed by atoms with Gasteiger partial charge in [-0.25, -0.2) is 4.79 Å². The van der Waals surface area contributed by atoms with E-state index in [1.165, 1.54) is 0 Å². The van der Waals surface area contributed by atoms with Gasteiger partial charge in [-0.05, 0) is 65.5 Å². The van der Waals surface area contributed by atoms with Gasteiger partial charge in [0.05, 0.1) is 0 Å². The van der Waals surface area contributed by atoms with E-state index in [4.69, 9.17) is 4.74 Å². The van der Waals surface area contributed by atoms with Crippen molar-refractivity contribution in [2.75, 3.05) is 18.4 Å². The lowest BCUT2D eigenvalue weighted by atomic mass is 9.94. The number of likely N-dealkylation sites (tertiary alicyclic amines) is 1. The molecule has 1 aromatic carbocycles. The molecule has 0 aromatic heterocycles. The maximum Gasteiger partial charge on any atom is 0.410 e. The number of hydrogen-bond acceptors (Lipinski definition) is 3. The molecule has 128 valence electrons. The van der Waals surface area contributed by atoms with Gasteiger partial charge >= 0.3 is 6.09 Å². The Morgan fingerprint density at radius 1 is 1.30 bits per heavy atom. The number of carbonyl (C=O) groups excluding carboxylic acids is 1. The van der Waals surface area contributed by atoms with Crippen LogP contribution in [0.1, 0.15) is 47.5 Å². The smallest absolute Gasteiger partial charge is 0.410 e. The van der Waals surface area contributed by atoms with Gasteiger partial charge in [0.15, 0.2) is 0 Å². The molecular formula is C19H30N2O2. The summed E-state index contributed by atoms with van der Waals surface area (Å²) in [4.78, 5) is 14.3. The zero-order valence-electron chi connectivity index (χ0n) is 15.1. The van der Waals surface area contributed by atoms with Gasteiger partial charge in [-0.15, -0.1) is 0 Å². The molecule has 0 saturated carbocycles.